The number of hydrogen-bond acceptors (Lipinski definition) is 2. The number of urea groups is 1. The first-order chi connectivity index (χ1) is 9.31. The molecule has 2 heterocycles. The first kappa shape index (κ1) is 12.3. The maximum atomic E-state index is 12.3. The molecule has 1 atom stereocenters. The molecule has 1 aromatic carbocycles. The van der Waals surface area contributed by atoms with E-state index in [1.54, 1.807) is 0 Å². The van der Waals surface area contributed by atoms with Crippen molar-refractivity contribution in [2.75, 3.05) is 29.4 Å². The van der Waals surface area contributed by atoms with Crippen molar-refractivity contribution in [1.29, 1.82) is 0 Å². The molecule has 1 unspecified atom stereocenters. The highest BCUT2D eigenvalue weighted by Gasteiger charge is 2.35. The van der Waals surface area contributed by atoms with Crippen molar-refractivity contribution < 1.29 is 4.79 Å². The van der Waals surface area contributed by atoms with Gasteiger partial charge in [0.05, 0.1) is 11.4 Å². The van der Waals surface area contributed by atoms with Crippen LogP contribution in [0.15, 0.2) is 24.3 Å². The van der Waals surface area contributed by atoms with Crippen molar-refractivity contribution in [2.45, 2.75) is 32.2 Å². The minimum absolute atomic E-state index is 0.0425. The van der Waals surface area contributed by atoms with Crippen molar-refractivity contribution in [3.8, 4) is 0 Å². The predicted molar refractivity (Wildman–Crippen MR) is 77.8 cm³/mol. The smallest absolute Gasteiger partial charge is 0.322 e. The van der Waals surface area contributed by atoms with E-state index in [0.717, 1.165) is 31.7 Å². The Hall–Kier alpha value is -1.71. The second kappa shape index (κ2) is 5.11. The lowest BCUT2D eigenvalue weighted by Gasteiger charge is -2.40. The molecule has 0 aliphatic carbocycles. The zero-order chi connectivity index (χ0) is 13.2. The van der Waals surface area contributed by atoms with E-state index in [2.05, 4.69) is 35.3 Å². The van der Waals surface area contributed by atoms with Crippen LogP contribution in [-0.4, -0.2) is 31.7 Å². The lowest BCUT2D eigenvalue weighted by atomic mass is 10.1. The van der Waals surface area contributed by atoms with E-state index in [4.69, 9.17) is 0 Å². The van der Waals surface area contributed by atoms with Gasteiger partial charge in [-0.05, 0) is 31.4 Å². The molecule has 1 fully saturated rings. The zero-order valence-corrected chi connectivity index (χ0v) is 11.4. The summed E-state index contributed by atoms with van der Waals surface area (Å²) in [4.78, 5) is 16.7. The Kier molecular flexibility index (Phi) is 3.32. The topological polar surface area (TPSA) is 35.6 Å². The van der Waals surface area contributed by atoms with Gasteiger partial charge in [0.1, 0.15) is 0 Å². The third-order valence-corrected chi connectivity index (χ3v) is 4.02. The van der Waals surface area contributed by atoms with Gasteiger partial charge in [-0.2, -0.15) is 0 Å². The number of hydrogen-bond donors (Lipinski definition) is 1. The van der Waals surface area contributed by atoms with E-state index >= 15 is 0 Å². The number of fused-ring (bicyclic) bond motifs is 3. The van der Waals surface area contributed by atoms with Crippen molar-refractivity contribution in [3.05, 3.63) is 24.3 Å². The molecule has 2 amide bonds. The summed E-state index contributed by atoms with van der Waals surface area (Å²) in [5.74, 6) is 0. The number of rotatable bonds is 2. The standard InChI is InChI=1S/C15H21N3O/c1-2-9-16-15(19)18-11-12-6-5-10-17(12)13-7-3-4-8-14(13)18/h3-4,7-8,12H,2,5-6,9-11H2,1H3,(H,16,19). The van der Waals surface area contributed by atoms with Crippen LogP contribution >= 0.6 is 0 Å². The second-order valence-corrected chi connectivity index (χ2v) is 5.32. The fourth-order valence-corrected chi connectivity index (χ4v) is 3.11. The molecule has 0 bridgehead atoms. The van der Waals surface area contributed by atoms with Crippen LogP contribution in [0.25, 0.3) is 0 Å². The van der Waals surface area contributed by atoms with Gasteiger partial charge in [-0.15, -0.1) is 0 Å². The van der Waals surface area contributed by atoms with E-state index in [1.807, 2.05) is 11.0 Å². The van der Waals surface area contributed by atoms with Crippen molar-refractivity contribution in [1.82, 2.24) is 5.32 Å². The van der Waals surface area contributed by atoms with Gasteiger partial charge in [-0.1, -0.05) is 19.1 Å². The highest BCUT2D eigenvalue weighted by molar-refractivity contribution is 5.97. The van der Waals surface area contributed by atoms with E-state index in [9.17, 15) is 4.79 Å². The maximum absolute atomic E-state index is 12.3. The number of nitrogens with zero attached hydrogens (tertiary/aromatic N) is 2. The first-order valence-electron chi connectivity index (χ1n) is 7.22. The Labute approximate surface area is 114 Å². The summed E-state index contributed by atoms with van der Waals surface area (Å²) in [5.41, 5.74) is 2.26. The molecular formula is C15H21N3O. The van der Waals surface area contributed by atoms with Gasteiger partial charge >= 0.3 is 6.03 Å². The van der Waals surface area contributed by atoms with Crippen LogP contribution in [0.1, 0.15) is 26.2 Å². The predicted octanol–water partition coefficient (Wildman–Crippen LogP) is 2.60. The summed E-state index contributed by atoms with van der Waals surface area (Å²) in [5, 5.41) is 2.99. The quantitative estimate of drug-likeness (QED) is 0.886. The molecule has 1 aromatic rings. The monoisotopic (exact) mass is 259 g/mol. The van der Waals surface area contributed by atoms with E-state index in [0.29, 0.717) is 6.04 Å². The molecule has 1 saturated heterocycles. The second-order valence-electron chi connectivity index (χ2n) is 5.32. The van der Waals surface area contributed by atoms with Crippen LogP contribution in [0.4, 0.5) is 16.2 Å². The largest absolute Gasteiger partial charge is 0.365 e. The summed E-state index contributed by atoms with van der Waals surface area (Å²) in [6.07, 6.45) is 3.38. The number of amides is 2. The third-order valence-electron chi connectivity index (χ3n) is 4.02. The van der Waals surface area contributed by atoms with Gasteiger partial charge < -0.3 is 10.2 Å². The Morgan fingerprint density at radius 3 is 2.95 bits per heavy atom. The van der Waals surface area contributed by atoms with Gasteiger partial charge in [-0.25, -0.2) is 4.79 Å². The molecule has 3 rings (SSSR count). The van der Waals surface area contributed by atoms with Crippen LogP contribution in [0.5, 0.6) is 0 Å². The molecule has 1 N–H and O–H groups in total. The molecular weight excluding hydrogens is 238 g/mol. The molecule has 2 aliphatic rings. The molecule has 4 nitrogen and oxygen atoms in total. The fraction of sp³-hybridized carbons (Fsp3) is 0.533. The zero-order valence-electron chi connectivity index (χ0n) is 11.4. The van der Waals surface area contributed by atoms with Crippen molar-refractivity contribution >= 4 is 17.4 Å². The maximum Gasteiger partial charge on any atom is 0.322 e. The number of carbonyl (C=O) groups excluding carboxylic acids is 1. The normalized spacial score (nSPS) is 21.0. The van der Waals surface area contributed by atoms with Crippen molar-refractivity contribution in [3.63, 3.8) is 0 Å². The Bertz CT molecular complexity index is 474. The average Bonchev–Trinajstić information content (AvgIpc) is 2.92. The number of benzene rings is 1. The summed E-state index contributed by atoms with van der Waals surface area (Å²) < 4.78 is 0. The molecule has 102 valence electrons. The van der Waals surface area contributed by atoms with Gasteiger partial charge in [0, 0.05) is 25.7 Å². The average molecular weight is 259 g/mol. The Balaban J connectivity index is 1.89. The highest BCUT2D eigenvalue weighted by Crippen LogP contribution is 2.39. The number of nitrogens with one attached hydrogen (secondary N) is 1. The number of carbonyl (C=O) groups is 1. The molecule has 0 spiro atoms. The molecule has 4 heteroatoms. The molecule has 0 radical (unpaired) electrons. The molecule has 2 aliphatic heterocycles. The van der Waals surface area contributed by atoms with E-state index < -0.39 is 0 Å². The van der Waals surface area contributed by atoms with Gasteiger partial charge in [0.2, 0.25) is 0 Å². The lowest BCUT2D eigenvalue weighted by molar-refractivity contribution is 0.245. The van der Waals surface area contributed by atoms with Crippen molar-refractivity contribution in [2.24, 2.45) is 0 Å². The summed E-state index contributed by atoms with van der Waals surface area (Å²) in [7, 11) is 0. The summed E-state index contributed by atoms with van der Waals surface area (Å²) in [6, 6.07) is 8.78. The van der Waals surface area contributed by atoms with E-state index in [1.165, 1.54) is 18.5 Å². The van der Waals surface area contributed by atoms with Crippen LogP contribution in [-0.2, 0) is 0 Å². The lowest BCUT2D eigenvalue weighted by Crippen LogP contribution is -2.51. The van der Waals surface area contributed by atoms with Gasteiger partial charge in [0.25, 0.3) is 0 Å². The highest BCUT2D eigenvalue weighted by atomic mass is 16.2. The SMILES string of the molecule is CCCNC(=O)N1CC2CCCN2c2ccccc21. The van der Waals surface area contributed by atoms with Gasteiger partial charge in [0.15, 0.2) is 0 Å². The number of para-hydroxylation sites is 2. The minimum atomic E-state index is 0.0425. The van der Waals surface area contributed by atoms with Crippen LogP contribution in [0.3, 0.4) is 0 Å². The Morgan fingerprint density at radius 1 is 1.37 bits per heavy atom. The number of anilines is 2. The van der Waals surface area contributed by atoms with Crippen LogP contribution in [0, 0.1) is 0 Å². The van der Waals surface area contributed by atoms with Gasteiger partial charge in [-0.3, -0.25) is 4.90 Å². The summed E-state index contributed by atoms with van der Waals surface area (Å²) >= 11 is 0. The first-order valence-corrected chi connectivity index (χ1v) is 7.22. The molecule has 0 aromatic heterocycles. The van der Waals surface area contributed by atoms with E-state index in [-0.39, 0.29) is 6.03 Å². The molecule has 19 heavy (non-hydrogen) atoms. The Morgan fingerprint density at radius 2 is 2.16 bits per heavy atom. The van der Waals surface area contributed by atoms with Crippen LogP contribution in [0.2, 0.25) is 0 Å². The molecule has 0 saturated carbocycles. The minimum Gasteiger partial charge on any atom is -0.365 e. The summed E-state index contributed by atoms with van der Waals surface area (Å²) in [6.45, 7) is 4.74. The van der Waals surface area contributed by atoms with Crippen LogP contribution < -0.4 is 15.1 Å². The fourth-order valence-electron chi connectivity index (χ4n) is 3.11. The third kappa shape index (κ3) is 2.15.